The van der Waals surface area contributed by atoms with Gasteiger partial charge < -0.3 is 4.57 Å². The quantitative estimate of drug-likeness (QED) is 0.696. The van der Waals surface area contributed by atoms with Gasteiger partial charge in [-0.2, -0.15) is 0 Å². The van der Waals surface area contributed by atoms with Gasteiger partial charge in [-0.1, -0.05) is 36.4 Å². The number of Topliss-reactive ketones (excluding diaryl/α,β-unsaturated/α-hetero) is 1. The second-order valence-electron chi connectivity index (χ2n) is 5.37. The molecule has 3 aromatic rings. The number of carbonyl (C=O) groups is 1. The first-order valence-electron chi connectivity index (χ1n) is 7.35. The summed E-state index contributed by atoms with van der Waals surface area (Å²) < 4.78 is 1.44. The first-order valence-corrected chi connectivity index (χ1v) is 7.35. The van der Waals surface area contributed by atoms with Crippen molar-refractivity contribution in [2.75, 3.05) is 0 Å². The molecule has 0 atom stereocenters. The largest absolute Gasteiger partial charge is 0.308 e. The van der Waals surface area contributed by atoms with Crippen LogP contribution in [0.1, 0.15) is 15.9 Å². The van der Waals surface area contributed by atoms with Gasteiger partial charge in [0.2, 0.25) is 0 Å². The summed E-state index contributed by atoms with van der Waals surface area (Å²) in [6.45, 7) is 1.79. The van der Waals surface area contributed by atoms with E-state index in [1.165, 1.54) is 4.57 Å². The molecule has 0 amide bonds. The van der Waals surface area contributed by atoms with Gasteiger partial charge in [0.1, 0.15) is 0 Å². The second kappa shape index (κ2) is 6.40. The molecular weight excluding hydrogens is 288 g/mol. The predicted octanol–water partition coefficient (Wildman–Crippen LogP) is 3.10. The third kappa shape index (κ3) is 3.26. The number of ketones is 1. The third-order valence-electron chi connectivity index (χ3n) is 3.73. The average Bonchev–Trinajstić information content (AvgIpc) is 2.60. The van der Waals surface area contributed by atoms with E-state index in [2.05, 4.69) is 4.98 Å². The van der Waals surface area contributed by atoms with Gasteiger partial charge >= 0.3 is 0 Å². The SMILES string of the molecule is Cc1cccn(CC(=O)c2ccc(-c3cccnc3)cc2)c1=O. The maximum atomic E-state index is 12.4. The molecule has 0 N–H and O–H groups in total. The van der Waals surface area contributed by atoms with Gasteiger partial charge in [0, 0.05) is 29.7 Å². The van der Waals surface area contributed by atoms with Crippen LogP contribution in [0.5, 0.6) is 0 Å². The lowest BCUT2D eigenvalue weighted by Crippen LogP contribution is -2.25. The number of pyridine rings is 2. The number of nitrogens with zero attached hydrogens (tertiary/aromatic N) is 2. The Morgan fingerprint density at radius 3 is 2.52 bits per heavy atom. The van der Waals surface area contributed by atoms with E-state index in [-0.39, 0.29) is 17.9 Å². The van der Waals surface area contributed by atoms with E-state index in [1.54, 1.807) is 49.8 Å². The molecule has 2 heterocycles. The van der Waals surface area contributed by atoms with E-state index in [1.807, 2.05) is 24.3 Å². The van der Waals surface area contributed by atoms with Crippen molar-refractivity contribution in [3.63, 3.8) is 0 Å². The smallest absolute Gasteiger partial charge is 0.253 e. The van der Waals surface area contributed by atoms with Crippen molar-refractivity contribution in [3.8, 4) is 11.1 Å². The minimum absolute atomic E-state index is 0.0484. The highest BCUT2D eigenvalue weighted by molar-refractivity contribution is 5.96. The topological polar surface area (TPSA) is 52.0 Å². The van der Waals surface area contributed by atoms with Gasteiger partial charge in [-0.15, -0.1) is 0 Å². The molecule has 0 aliphatic heterocycles. The molecule has 0 saturated heterocycles. The van der Waals surface area contributed by atoms with Crippen molar-refractivity contribution in [3.05, 3.63) is 88.6 Å². The van der Waals surface area contributed by atoms with Crippen LogP contribution in [0.25, 0.3) is 11.1 Å². The summed E-state index contributed by atoms with van der Waals surface area (Å²) in [6, 6.07) is 14.7. The van der Waals surface area contributed by atoms with Crippen LogP contribution < -0.4 is 5.56 Å². The van der Waals surface area contributed by atoms with Gasteiger partial charge in [-0.05, 0) is 30.2 Å². The van der Waals surface area contributed by atoms with E-state index in [4.69, 9.17) is 0 Å². The molecule has 4 nitrogen and oxygen atoms in total. The van der Waals surface area contributed by atoms with Crippen LogP contribution >= 0.6 is 0 Å². The van der Waals surface area contributed by atoms with Gasteiger partial charge in [0.25, 0.3) is 5.56 Å². The number of hydrogen-bond donors (Lipinski definition) is 0. The number of rotatable bonds is 4. The normalized spacial score (nSPS) is 10.5. The van der Waals surface area contributed by atoms with E-state index in [9.17, 15) is 9.59 Å². The number of hydrogen-bond acceptors (Lipinski definition) is 3. The molecule has 0 bridgehead atoms. The highest BCUT2D eigenvalue weighted by Crippen LogP contribution is 2.18. The molecule has 0 aliphatic carbocycles. The lowest BCUT2D eigenvalue weighted by molar-refractivity contribution is 0.0971. The fourth-order valence-corrected chi connectivity index (χ4v) is 2.41. The Morgan fingerprint density at radius 1 is 1.04 bits per heavy atom. The molecule has 0 spiro atoms. The molecule has 0 fully saturated rings. The summed E-state index contributed by atoms with van der Waals surface area (Å²) >= 11 is 0. The number of carbonyl (C=O) groups excluding carboxylic acids is 1. The van der Waals surface area contributed by atoms with Crippen molar-refractivity contribution in [2.45, 2.75) is 13.5 Å². The van der Waals surface area contributed by atoms with Crippen LogP contribution in [-0.4, -0.2) is 15.3 Å². The summed E-state index contributed by atoms with van der Waals surface area (Å²) in [5.41, 5.74) is 3.09. The van der Waals surface area contributed by atoms with E-state index in [0.717, 1.165) is 11.1 Å². The van der Waals surface area contributed by atoms with Gasteiger partial charge in [-0.3, -0.25) is 14.6 Å². The summed E-state index contributed by atoms with van der Waals surface area (Å²) in [6.07, 6.45) is 5.14. The summed E-state index contributed by atoms with van der Waals surface area (Å²) in [4.78, 5) is 28.4. The van der Waals surface area contributed by atoms with Crippen molar-refractivity contribution in [1.29, 1.82) is 0 Å². The zero-order valence-corrected chi connectivity index (χ0v) is 12.8. The molecule has 114 valence electrons. The molecule has 0 aliphatic rings. The van der Waals surface area contributed by atoms with Crippen molar-refractivity contribution in [1.82, 2.24) is 9.55 Å². The molecule has 0 radical (unpaired) electrons. The summed E-state index contributed by atoms with van der Waals surface area (Å²) in [5.74, 6) is -0.0876. The molecule has 2 aromatic heterocycles. The van der Waals surface area contributed by atoms with Crippen molar-refractivity contribution >= 4 is 5.78 Å². The van der Waals surface area contributed by atoms with Gasteiger partial charge in [-0.25, -0.2) is 0 Å². The number of aromatic nitrogens is 2. The number of benzene rings is 1. The van der Waals surface area contributed by atoms with Crippen LogP contribution in [0.3, 0.4) is 0 Å². The Morgan fingerprint density at radius 2 is 1.83 bits per heavy atom. The Balaban J connectivity index is 1.81. The van der Waals surface area contributed by atoms with Crippen LogP contribution in [-0.2, 0) is 6.54 Å². The highest BCUT2D eigenvalue weighted by atomic mass is 16.1. The van der Waals surface area contributed by atoms with Crippen LogP contribution in [0, 0.1) is 6.92 Å². The predicted molar refractivity (Wildman–Crippen MR) is 89.4 cm³/mol. The monoisotopic (exact) mass is 304 g/mol. The Kier molecular flexibility index (Phi) is 4.15. The first kappa shape index (κ1) is 14.9. The van der Waals surface area contributed by atoms with Gasteiger partial charge in [0.15, 0.2) is 5.78 Å². The minimum atomic E-state index is -0.132. The summed E-state index contributed by atoms with van der Waals surface area (Å²) in [7, 11) is 0. The van der Waals surface area contributed by atoms with Crippen LogP contribution in [0.15, 0.2) is 71.9 Å². The van der Waals surface area contributed by atoms with Crippen molar-refractivity contribution in [2.24, 2.45) is 0 Å². The molecule has 23 heavy (non-hydrogen) atoms. The fourth-order valence-electron chi connectivity index (χ4n) is 2.41. The Hall–Kier alpha value is -3.01. The maximum absolute atomic E-state index is 12.4. The third-order valence-corrected chi connectivity index (χ3v) is 3.73. The lowest BCUT2D eigenvalue weighted by atomic mass is 10.0. The maximum Gasteiger partial charge on any atom is 0.253 e. The first-order chi connectivity index (χ1) is 11.1. The van der Waals surface area contributed by atoms with Gasteiger partial charge in [0.05, 0.1) is 6.54 Å². The lowest BCUT2D eigenvalue weighted by Gasteiger charge is -2.07. The molecule has 4 heteroatoms. The molecule has 3 rings (SSSR count). The van der Waals surface area contributed by atoms with Crippen LogP contribution in [0.2, 0.25) is 0 Å². The minimum Gasteiger partial charge on any atom is -0.308 e. The molecule has 1 aromatic carbocycles. The van der Waals surface area contributed by atoms with E-state index >= 15 is 0 Å². The van der Waals surface area contributed by atoms with Crippen molar-refractivity contribution < 1.29 is 4.79 Å². The molecular formula is C19H16N2O2. The number of aryl methyl sites for hydroxylation is 1. The highest BCUT2D eigenvalue weighted by Gasteiger charge is 2.09. The van der Waals surface area contributed by atoms with E-state index < -0.39 is 0 Å². The summed E-state index contributed by atoms with van der Waals surface area (Å²) in [5, 5.41) is 0. The second-order valence-corrected chi connectivity index (χ2v) is 5.37. The zero-order valence-electron chi connectivity index (χ0n) is 12.8. The Labute approximate surface area is 134 Å². The molecule has 0 saturated carbocycles. The standard InChI is InChI=1S/C19H16N2O2/c1-14-4-3-11-21(19(14)23)13-18(22)16-8-6-15(7-9-16)17-5-2-10-20-12-17/h2-12H,13H2,1H3. The van der Waals surface area contributed by atoms with E-state index in [0.29, 0.717) is 11.1 Å². The Bertz CT molecular complexity index is 881. The van der Waals surface area contributed by atoms with Crippen LogP contribution in [0.4, 0.5) is 0 Å². The fraction of sp³-hybridized carbons (Fsp3) is 0.105. The molecule has 0 unspecified atom stereocenters. The average molecular weight is 304 g/mol. The zero-order chi connectivity index (χ0) is 16.2.